The Morgan fingerprint density at radius 1 is 1.17 bits per heavy atom. The van der Waals surface area contributed by atoms with E-state index in [1.54, 1.807) is 11.8 Å². The highest BCUT2D eigenvalue weighted by atomic mass is 32.2. The summed E-state index contributed by atoms with van der Waals surface area (Å²) in [5, 5.41) is 6.58. The fourth-order valence-electron chi connectivity index (χ4n) is 1.25. The first-order valence-electron chi connectivity index (χ1n) is 5.66. The minimum atomic E-state index is -4.12. The highest BCUT2D eigenvalue weighted by molar-refractivity contribution is 7.99. The normalized spacial score (nSPS) is 11.7. The van der Waals surface area contributed by atoms with Gasteiger partial charge in [-0.2, -0.15) is 13.2 Å². The van der Waals surface area contributed by atoms with E-state index in [9.17, 15) is 13.2 Å². The maximum Gasteiger partial charge on any atom is 0.401 e. The number of rotatable bonds is 8. The molecule has 0 fully saturated rings. The number of nitrogens with one attached hydrogen (secondary N) is 1. The number of benzene rings is 1. The van der Waals surface area contributed by atoms with E-state index in [1.807, 2.05) is 30.3 Å². The Morgan fingerprint density at radius 2 is 1.89 bits per heavy atom. The maximum absolute atomic E-state index is 11.8. The van der Waals surface area contributed by atoms with Gasteiger partial charge in [-0.05, 0) is 25.1 Å². The Kier molecular flexibility index (Phi) is 7.15. The molecule has 0 aromatic heterocycles. The molecule has 0 saturated heterocycles. The predicted octanol–water partition coefficient (Wildman–Crippen LogP) is 2.88. The largest absolute Gasteiger partial charge is 0.401 e. The lowest BCUT2D eigenvalue weighted by Gasteiger charge is -2.07. The van der Waals surface area contributed by atoms with E-state index in [0.29, 0.717) is 25.4 Å². The zero-order valence-corrected chi connectivity index (χ0v) is 10.7. The summed E-state index contributed by atoms with van der Waals surface area (Å²) in [5.74, 6) is 0.642. The third-order valence-corrected chi connectivity index (χ3v) is 2.98. The minimum absolute atomic E-state index is 0.346. The molecule has 1 radical (unpaired) electrons. The van der Waals surface area contributed by atoms with Gasteiger partial charge in [0.2, 0.25) is 0 Å². The van der Waals surface area contributed by atoms with Crippen LogP contribution in [0.5, 0.6) is 0 Å². The minimum Gasteiger partial charge on any atom is -0.309 e. The Hall–Kier alpha value is -0.720. The SMILES string of the molecule is FC(F)(F)CNCCC[N]CSc1ccccc1. The van der Waals surface area contributed by atoms with E-state index < -0.39 is 12.7 Å². The predicted molar refractivity (Wildman–Crippen MR) is 67.7 cm³/mol. The average Bonchev–Trinajstić information content (AvgIpc) is 2.32. The van der Waals surface area contributed by atoms with Crippen molar-refractivity contribution < 1.29 is 13.2 Å². The standard InChI is InChI=1S/C12H16F3N2S/c13-12(14,15)9-16-7-4-8-17-10-18-11-5-2-1-3-6-11/h1-3,5-6,16H,4,7-10H2. The van der Waals surface area contributed by atoms with Crippen molar-refractivity contribution in [3.8, 4) is 0 Å². The van der Waals surface area contributed by atoms with Crippen LogP contribution in [0.1, 0.15) is 6.42 Å². The van der Waals surface area contributed by atoms with E-state index in [-0.39, 0.29) is 0 Å². The molecule has 18 heavy (non-hydrogen) atoms. The van der Waals surface area contributed by atoms with Crippen molar-refractivity contribution in [2.75, 3.05) is 25.5 Å². The molecule has 0 aliphatic heterocycles. The Balaban J connectivity index is 1.90. The van der Waals surface area contributed by atoms with Crippen LogP contribution < -0.4 is 10.6 Å². The molecule has 1 aromatic rings. The van der Waals surface area contributed by atoms with E-state index in [2.05, 4.69) is 10.6 Å². The van der Waals surface area contributed by atoms with Crippen molar-refractivity contribution in [3.63, 3.8) is 0 Å². The summed E-state index contributed by atoms with van der Waals surface area (Å²) in [4.78, 5) is 1.15. The molecule has 1 N–H and O–H groups in total. The number of alkyl halides is 3. The summed E-state index contributed by atoms with van der Waals surface area (Å²) in [6, 6.07) is 9.89. The van der Waals surface area contributed by atoms with E-state index >= 15 is 0 Å². The molecule has 6 heteroatoms. The van der Waals surface area contributed by atoms with Crippen LogP contribution in [0.4, 0.5) is 13.2 Å². The summed E-state index contributed by atoms with van der Waals surface area (Å²) >= 11 is 1.62. The van der Waals surface area contributed by atoms with Crippen molar-refractivity contribution in [3.05, 3.63) is 30.3 Å². The van der Waals surface area contributed by atoms with Gasteiger partial charge in [0.05, 0.1) is 12.4 Å². The molecule has 0 atom stereocenters. The second-order valence-electron chi connectivity index (χ2n) is 3.68. The number of halogens is 3. The van der Waals surface area contributed by atoms with Crippen LogP contribution in [0, 0.1) is 0 Å². The molecule has 0 saturated carbocycles. The second-order valence-corrected chi connectivity index (χ2v) is 4.70. The van der Waals surface area contributed by atoms with Crippen LogP contribution in [0.25, 0.3) is 0 Å². The molecule has 0 heterocycles. The average molecular weight is 277 g/mol. The zero-order chi connectivity index (χ0) is 13.3. The van der Waals surface area contributed by atoms with Gasteiger partial charge >= 0.3 is 6.18 Å². The lowest BCUT2D eigenvalue weighted by Crippen LogP contribution is -2.30. The third-order valence-electron chi connectivity index (χ3n) is 2.06. The quantitative estimate of drug-likeness (QED) is 0.584. The first-order valence-corrected chi connectivity index (χ1v) is 6.65. The summed E-state index contributed by atoms with van der Waals surface area (Å²) in [6.45, 7) is 0.00939. The molecule has 0 spiro atoms. The summed E-state index contributed by atoms with van der Waals surface area (Å²) in [5.41, 5.74) is 0. The fourth-order valence-corrected chi connectivity index (χ4v) is 1.97. The smallest absolute Gasteiger partial charge is 0.309 e. The molecular formula is C12H16F3N2S. The summed E-state index contributed by atoms with van der Waals surface area (Å²) in [7, 11) is 0. The summed E-state index contributed by atoms with van der Waals surface area (Å²) in [6.07, 6.45) is -3.49. The van der Waals surface area contributed by atoms with Crippen LogP contribution in [-0.4, -0.2) is 31.7 Å². The van der Waals surface area contributed by atoms with Gasteiger partial charge in [-0.1, -0.05) is 18.2 Å². The van der Waals surface area contributed by atoms with Crippen molar-refractivity contribution in [1.29, 1.82) is 0 Å². The van der Waals surface area contributed by atoms with Gasteiger partial charge < -0.3 is 5.32 Å². The molecule has 0 unspecified atom stereocenters. The van der Waals surface area contributed by atoms with Gasteiger partial charge in [-0.3, -0.25) is 0 Å². The zero-order valence-electron chi connectivity index (χ0n) is 9.91. The second kappa shape index (κ2) is 8.39. The van der Waals surface area contributed by atoms with Crippen LogP contribution in [0.3, 0.4) is 0 Å². The van der Waals surface area contributed by atoms with E-state index in [4.69, 9.17) is 0 Å². The van der Waals surface area contributed by atoms with Crippen LogP contribution in [0.2, 0.25) is 0 Å². The fraction of sp³-hybridized carbons (Fsp3) is 0.500. The van der Waals surface area contributed by atoms with Gasteiger partial charge in [-0.15, -0.1) is 11.8 Å². The molecule has 0 aliphatic rings. The third kappa shape index (κ3) is 8.38. The number of nitrogens with zero attached hydrogens (tertiary/aromatic N) is 1. The summed E-state index contributed by atoms with van der Waals surface area (Å²) < 4.78 is 35.4. The molecule has 0 aliphatic carbocycles. The number of hydrogen-bond donors (Lipinski definition) is 1. The monoisotopic (exact) mass is 277 g/mol. The molecule has 0 bridgehead atoms. The molecule has 101 valence electrons. The lowest BCUT2D eigenvalue weighted by atomic mass is 10.4. The van der Waals surface area contributed by atoms with Crippen molar-refractivity contribution in [1.82, 2.24) is 10.6 Å². The van der Waals surface area contributed by atoms with Crippen LogP contribution in [0.15, 0.2) is 35.2 Å². The van der Waals surface area contributed by atoms with Crippen LogP contribution in [-0.2, 0) is 0 Å². The van der Waals surface area contributed by atoms with Crippen molar-refractivity contribution in [2.45, 2.75) is 17.5 Å². The lowest BCUT2D eigenvalue weighted by molar-refractivity contribution is -0.124. The highest BCUT2D eigenvalue weighted by Gasteiger charge is 2.25. The number of thioether (sulfide) groups is 1. The number of hydrogen-bond acceptors (Lipinski definition) is 2. The molecule has 1 rings (SSSR count). The molecule has 2 nitrogen and oxygen atoms in total. The Labute approximate surface area is 109 Å². The van der Waals surface area contributed by atoms with E-state index in [1.165, 1.54) is 0 Å². The van der Waals surface area contributed by atoms with Gasteiger partial charge in [0.15, 0.2) is 0 Å². The highest BCUT2D eigenvalue weighted by Crippen LogP contribution is 2.15. The van der Waals surface area contributed by atoms with Gasteiger partial charge in [0.1, 0.15) is 0 Å². The van der Waals surface area contributed by atoms with Crippen molar-refractivity contribution in [2.24, 2.45) is 0 Å². The topological polar surface area (TPSA) is 26.1 Å². The maximum atomic E-state index is 11.8. The first-order chi connectivity index (χ1) is 8.58. The Bertz CT molecular complexity index is 317. The van der Waals surface area contributed by atoms with Gasteiger partial charge in [-0.25, -0.2) is 5.32 Å². The van der Waals surface area contributed by atoms with E-state index in [0.717, 1.165) is 4.90 Å². The first kappa shape index (κ1) is 15.3. The molecular weight excluding hydrogens is 261 g/mol. The van der Waals surface area contributed by atoms with Crippen molar-refractivity contribution >= 4 is 11.8 Å². The molecule has 1 aromatic carbocycles. The van der Waals surface area contributed by atoms with Gasteiger partial charge in [0.25, 0.3) is 0 Å². The van der Waals surface area contributed by atoms with Gasteiger partial charge in [0, 0.05) is 11.4 Å². The van der Waals surface area contributed by atoms with Crippen LogP contribution >= 0.6 is 11.8 Å². The Morgan fingerprint density at radius 3 is 2.56 bits per heavy atom. The molecule has 0 amide bonds.